The summed E-state index contributed by atoms with van der Waals surface area (Å²) in [6.45, 7) is 4.12. The highest BCUT2D eigenvalue weighted by molar-refractivity contribution is 6.46. The molecule has 0 radical (unpaired) electrons. The van der Waals surface area contributed by atoms with Crippen LogP contribution in [0.25, 0.3) is 5.76 Å². The molecule has 0 unspecified atom stereocenters. The number of carbonyl (C=O) groups is 2. The molecule has 168 valence electrons. The maximum atomic E-state index is 13.6. The van der Waals surface area contributed by atoms with Crippen molar-refractivity contribution < 1.29 is 23.8 Å². The Bertz CT molecular complexity index is 1020. The number of aliphatic hydroxyl groups is 1. The minimum Gasteiger partial charge on any atom is -0.507 e. The van der Waals surface area contributed by atoms with Crippen molar-refractivity contribution in [3.63, 3.8) is 0 Å². The van der Waals surface area contributed by atoms with E-state index in [0.717, 1.165) is 19.6 Å². The van der Waals surface area contributed by atoms with Gasteiger partial charge in [0.25, 0.3) is 11.7 Å². The lowest BCUT2D eigenvalue weighted by Crippen LogP contribution is -2.38. The van der Waals surface area contributed by atoms with Gasteiger partial charge in [0.15, 0.2) is 0 Å². The first-order valence-corrected chi connectivity index (χ1v) is 10.9. The molecule has 0 aliphatic carbocycles. The molecular weight excluding hydrogens is 435 g/mol. The number of amides is 1. The van der Waals surface area contributed by atoms with Crippen LogP contribution >= 0.6 is 11.6 Å². The lowest BCUT2D eigenvalue weighted by atomic mass is 9.95. The second kappa shape index (κ2) is 9.81. The molecule has 2 heterocycles. The number of benzene rings is 2. The van der Waals surface area contributed by atoms with Crippen molar-refractivity contribution in [3.8, 4) is 0 Å². The van der Waals surface area contributed by atoms with Gasteiger partial charge < -0.3 is 14.7 Å². The number of aliphatic hydroxyl groups excluding tert-OH is 1. The van der Waals surface area contributed by atoms with Gasteiger partial charge in [-0.05, 0) is 48.4 Å². The molecule has 8 heteroatoms. The van der Waals surface area contributed by atoms with Gasteiger partial charge in [-0.1, -0.05) is 23.7 Å². The van der Waals surface area contributed by atoms with Crippen LogP contribution in [0.3, 0.4) is 0 Å². The molecule has 4 rings (SSSR count). The topological polar surface area (TPSA) is 70.1 Å². The first kappa shape index (κ1) is 22.5. The van der Waals surface area contributed by atoms with Gasteiger partial charge in [0, 0.05) is 36.8 Å². The highest BCUT2D eigenvalue weighted by atomic mass is 35.5. The van der Waals surface area contributed by atoms with Gasteiger partial charge in [0.05, 0.1) is 24.8 Å². The Balaban J connectivity index is 1.66. The summed E-state index contributed by atoms with van der Waals surface area (Å²) in [7, 11) is 0. The number of hydrogen-bond acceptors (Lipinski definition) is 5. The Morgan fingerprint density at radius 1 is 1.03 bits per heavy atom. The third kappa shape index (κ3) is 4.70. The second-order valence-electron chi connectivity index (χ2n) is 7.86. The summed E-state index contributed by atoms with van der Waals surface area (Å²) in [6, 6.07) is 11.2. The summed E-state index contributed by atoms with van der Waals surface area (Å²) in [5.41, 5.74) is 0.940. The van der Waals surface area contributed by atoms with Crippen molar-refractivity contribution >= 4 is 29.1 Å². The monoisotopic (exact) mass is 458 g/mol. The van der Waals surface area contributed by atoms with Gasteiger partial charge in [-0.2, -0.15) is 0 Å². The summed E-state index contributed by atoms with van der Waals surface area (Å²) in [4.78, 5) is 29.6. The number of nitrogens with zero attached hydrogens (tertiary/aromatic N) is 2. The number of likely N-dealkylation sites (tertiary alicyclic amines) is 1. The van der Waals surface area contributed by atoms with Crippen molar-refractivity contribution in [2.75, 3.05) is 39.4 Å². The Labute approximate surface area is 190 Å². The van der Waals surface area contributed by atoms with Crippen molar-refractivity contribution in [3.05, 3.63) is 76.1 Å². The van der Waals surface area contributed by atoms with Crippen LogP contribution < -0.4 is 0 Å². The summed E-state index contributed by atoms with van der Waals surface area (Å²) in [5, 5.41) is 11.5. The predicted octanol–water partition coefficient (Wildman–Crippen LogP) is 3.62. The van der Waals surface area contributed by atoms with E-state index in [9.17, 15) is 19.1 Å². The molecule has 1 N–H and O–H groups in total. The summed E-state index contributed by atoms with van der Waals surface area (Å²) in [6.07, 6.45) is 0.658. The van der Waals surface area contributed by atoms with E-state index in [4.69, 9.17) is 16.3 Å². The number of carbonyl (C=O) groups excluding carboxylic acids is 2. The molecule has 2 aromatic carbocycles. The first-order chi connectivity index (χ1) is 15.5. The zero-order valence-electron chi connectivity index (χ0n) is 17.5. The average Bonchev–Trinajstić information content (AvgIpc) is 3.05. The smallest absolute Gasteiger partial charge is 0.295 e. The largest absolute Gasteiger partial charge is 0.507 e. The van der Waals surface area contributed by atoms with Crippen molar-refractivity contribution in [1.29, 1.82) is 0 Å². The number of rotatable bonds is 6. The molecule has 2 aromatic rings. The fourth-order valence-electron chi connectivity index (χ4n) is 4.15. The molecular formula is C24H24ClFN2O4. The third-order valence-corrected chi connectivity index (χ3v) is 6.07. The fraction of sp³-hybridized carbons (Fsp3) is 0.333. The quantitative estimate of drug-likeness (QED) is 0.407. The number of ketones is 1. The number of ether oxygens (including phenoxy) is 1. The van der Waals surface area contributed by atoms with Crippen LogP contribution in [0.15, 0.2) is 54.1 Å². The summed E-state index contributed by atoms with van der Waals surface area (Å²) >= 11 is 5.94. The maximum absolute atomic E-state index is 13.6. The van der Waals surface area contributed by atoms with Gasteiger partial charge in [0.2, 0.25) is 0 Å². The van der Waals surface area contributed by atoms with Crippen molar-refractivity contribution in [2.24, 2.45) is 0 Å². The fourth-order valence-corrected chi connectivity index (χ4v) is 4.28. The zero-order chi connectivity index (χ0) is 22.7. The van der Waals surface area contributed by atoms with Crippen LogP contribution in [-0.2, 0) is 14.3 Å². The molecule has 2 aliphatic heterocycles. The van der Waals surface area contributed by atoms with Gasteiger partial charge in [-0.15, -0.1) is 0 Å². The Morgan fingerprint density at radius 2 is 1.69 bits per heavy atom. The van der Waals surface area contributed by atoms with Crippen molar-refractivity contribution in [2.45, 2.75) is 12.5 Å². The van der Waals surface area contributed by atoms with E-state index >= 15 is 0 Å². The van der Waals surface area contributed by atoms with Gasteiger partial charge >= 0.3 is 0 Å². The third-order valence-electron chi connectivity index (χ3n) is 5.82. The number of hydrogen-bond donors (Lipinski definition) is 1. The number of halogens is 2. The van der Waals surface area contributed by atoms with Gasteiger partial charge in [0.1, 0.15) is 11.6 Å². The van der Waals surface area contributed by atoms with E-state index in [1.807, 2.05) is 0 Å². The minimum absolute atomic E-state index is 0.00435. The van der Waals surface area contributed by atoms with Crippen LogP contribution in [0.1, 0.15) is 23.6 Å². The van der Waals surface area contributed by atoms with Crippen LogP contribution in [0.5, 0.6) is 0 Å². The second-order valence-corrected chi connectivity index (χ2v) is 8.29. The highest BCUT2D eigenvalue weighted by Crippen LogP contribution is 2.39. The van der Waals surface area contributed by atoms with Crippen LogP contribution in [-0.4, -0.2) is 66.0 Å². The van der Waals surface area contributed by atoms with Crippen LogP contribution in [0.2, 0.25) is 5.02 Å². The highest BCUT2D eigenvalue weighted by Gasteiger charge is 2.45. The molecule has 2 saturated heterocycles. The molecule has 1 amide bonds. The number of morpholine rings is 1. The molecule has 0 saturated carbocycles. The molecule has 0 aromatic heterocycles. The minimum atomic E-state index is -0.795. The van der Waals surface area contributed by atoms with E-state index in [1.54, 1.807) is 24.3 Å². The van der Waals surface area contributed by atoms with Crippen molar-refractivity contribution in [1.82, 2.24) is 9.80 Å². The summed E-state index contributed by atoms with van der Waals surface area (Å²) < 4.78 is 18.9. The van der Waals surface area contributed by atoms with Gasteiger partial charge in [-0.25, -0.2) is 4.39 Å². The Morgan fingerprint density at radius 3 is 2.34 bits per heavy atom. The van der Waals surface area contributed by atoms with E-state index in [0.29, 0.717) is 42.3 Å². The normalized spacial score (nSPS) is 21.3. The molecule has 2 fully saturated rings. The van der Waals surface area contributed by atoms with E-state index in [-0.39, 0.29) is 11.3 Å². The maximum Gasteiger partial charge on any atom is 0.295 e. The van der Waals surface area contributed by atoms with Crippen LogP contribution in [0, 0.1) is 5.82 Å². The standard InChI is InChI=1S/C24H24ClFN2O4/c25-18-6-2-17(3-7-18)22(29)20-21(16-4-8-19(26)9-5-16)28(24(31)23(20)30)11-1-10-27-12-14-32-15-13-27/h2-9,21,29H,1,10-15H2/b22-20+/t21-/m1/s1. The molecule has 1 atom stereocenters. The zero-order valence-corrected chi connectivity index (χ0v) is 18.2. The molecule has 0 bridgehead atoms. The molecule has 0 spiro atoms. The first-order valence-electron chi connectivity index (χ1n) is 10.6. The van der Waals surface area contributed by atoms with E-state index in [2.05, 4.69) is 4.90 Å². The summed E-state index contributed by atoms with van der Waals surface area (Å²) in [5.74, 6) is -2.12. The van der Waals surface area contributed by atoms with Crippen LogP contribution in [0.4, 0.5) is 4.39 Å². The Kier molecular flexibility index (Phi) is 6.89. The lowest BCUT2D eigenvalue weighted by Gasteiger charge is -2.29. The molecule has 2 aliphatic rings. The average molecular weight is 459 g/mol. The SMILES string of the molecule is O=C1C(=O)N(CCCN2CCOCC2)[C@H](c2ccc(F)cc2)/C1=C(\O)c1ccc(Cl)cc1. The molecule has 32 heavy (non-hydrogen) atoms. The van der Waals surface area contributed by atoms with E-state index < -0.39 is 23.5 Å². The Hall–Kier alpha value is -2.74. The van der Waals surface area contributed by atoms with E-state index in [1.165, 1.54) is 29.2 Å². The lowest BCUT2D eigenvalue weighted by molar-refractivity contribution is -0.140. The number of Topliss-reactive ketones (excluding diaryl/α,β-unsaturated/α-hetero) is 1. The predicted molar refractivity (Wildman–Crippen MR) is 119 cm³/mol. The van der Waals surface area contributed by atoms with Gasteiger partial charge in [-0.3, -0.25) is 14.5 Å². The molecule has 6 nitrogen and oxygen atoms in total.